The first-order valence-corrected chi connectivity index (χ1v) is 4.55. The summed E-state index contributed by atoms with van der Waals surface area (Å²) in [7, 11) is 0. The Balaban J connectivity index is 2.98. The number of pyridine rings is 1. The summed E-state index contributed by atoms with van der Waals surface area (Å²) in [5.74, 6) is 0.0599. The second-order valence-corrected chi connectivity index (χ2v) is 2.99. The molecule has 0 aliphatic heterocycles. The van der Waals surface area contributed by atoms with E-state index in [1.165, 1.54) is 0 Å². The minimum atomic E-state index is -0.197. The van der Waals surface area contributed by atoms with Gasteiger partial charge in [0.1, 0.15) is 5.75 Å². The lowest BCUT2D eigenvalue weighted by Gasteiger charge is -2.10. The number of aliphatic hydroxyl groups is 1. The van der Waals surface area contributed by atoms with Gasteiger partial charge in [-0.2, -0.15) is 0 Å². The predicted molar refractivity (Wildman–Crippen MR) is 51.9 cm³/mol. The van der Waals surface area contributed by atoms with Crippen molar-refractivity contribution in [2.45, 2.75) is 27.1 Å². The fourth-order valence-corrected chi connectivity index (χ4v) is 1.20. The van der Waals surface area contributed by atoms with E-state index >= 15 is 0 Å². The highest BCUT2D eigenvalue weighted by Gasteiger charge is 2.10. The van der Waals surface area contributed by atoms with Crippen LogP contribution in [0.15, 0.2) is 6.20 Å². The van der Waals surface area contributed by atoms with Gasteiger partial charge in [0.05, 0.1) is 18.9 Å². The van der Waals surface area contributed by atoms with Crippen LogP contribution in [0.4, 0.5) is 0 Å². The van der Waals surface area contributed by atoms with Gasteiger partial charge < -0.3 is 14.9 Å². The van der Waals surface area contributed by atoms with Gasteiger partial charge in [-0.1, -0.05) is 0 Å². The average Bonchev–Trinajstić information content (AvgIpc) is 2.20. The summed E-state index contributed by atoms with van der Waals surface area (Å²) < 4.78 is 5.19. The molecule has 0 aromatic carbocycles. The molecule has 0 aliphatic rings. The topological polar surface area (TPSA) is 62.6 Å². The van der Waals surface area contributed by atoms with Crippen LogP contribution in [-0.4, -0.2) is 21.8 Å². The van der Waals surface area contributed by atoms with Gasteiger partial charge in [0.15, 0.2) is 0 Å². The van der Waals surface area contributed by atoms with Crippen LogP contribution in [0.5, 0.6) is 5.75 Å². The molecule has 2 N–H and O–H groups in total. The molecule has 0 saturated heterocycles. The number of aromatic hydroxyl groups is 1. The van der Waals surface area contributed by atoms with Crippen molar-refractivity contribution in [2.75, 3.05) is 6.61 Å². The minimum absolute atomic E-state index is 0.0599. The van der Waals surface area contributed by atoms with E-state index in [0.717, 1.165) is 5.56 Å². The average molecular weight is 197 g/mol. The summed E-state index contributed by atoms with van der Waals surface area (Å²) in [5.41, 5.74) is 1.76. The first-order valence-electron chi connectivity index (χ1n) is 4.55. The summed E-state index contributed by atoms with van der Waals surface area (Å²) in [6, 6.07) is 0. The second kappa shape index (κ2) is 4.93. The third-order valence-electron chi connectivity index (χ3n) is 2.05. The molecule has 1 rings (SSSR count). The number of aryl methyl sites for hydroxylation is 1. The van der Waals surface area contributed by atoms with Crippen molar-refractivity contribution in [1.29, 1.82) is 0 Å². The van der Waals surface area contributed by atoms with Crippen molar-refractivity contribution >= 4 is 0 Å². The quantitative estimate of drug-likeness (QED) is 0.759. The monoisotopic (exact) mass is 197 g/mol. The van der Waals surface area contributed by atoms with Crippen molar-refractivity contribution in [3.63, 3.8) is 0 Å². The third kappa shape index (κ3) is 2.21. The summed E-state index contributed by atoms with van der Waals surface area (Å²) in [6.07, 6.45) is 1.62. The summed E-state index contributed by atoms with van der Waals surface area (Å²) in [4.78, 5) is 4.00. The molecule has 0 atom stereocenters. The highest BCUT2D eigenvalue weighted by atomic mass is 16.5. The Morgan fingerprint density at radius 2 is 2.21 bits per heavy atom. The molecule has 1 aromatic rings. The summed E-state index contributed by atoms with van der Waals surface area (Å²) in [6.45, 7) is 4.35. The maximum atomic E-state index is 9.60. The Bertz CT molecular complexity index is 312. The Morgan fingerprint density at radius 3 is 2.79 bits per heavy atom. The van der Waals surface area contributed by atoms with Crippen LogP contribution in [0.2, 0.25) is 0 Å². The third-order valence-corrected chi connectivity index (χ3v) is 2.05. The van der Waals surface area contributed by atoms with Crippen molar-refractivity contribution < 1.29 is 14.9 Å². The highest BCUT2D eigenvalue weighted by Crippen LogP contribution is 2.23. The van der Waals surface area contributed by atoms with Crippen LogP contribution in [0.25, 0.3) is 0 Å². The minimum Gasteiger partial charge on any atom is -0.506 e. The van der Waals surface area contributed by atoms with E-state index < -0.39 is 0 Å². The lowest BCUT2D eigenvalue weighted by molar-refractivity contribution is 0.131. The van der Waals surface area contributed by atoms with Gasteiger partial charge in [-0.25, -0.2) is 0 Å². The van der Waals surface area contributed by atoms with Crippen molar-refractivity contribution in [2.24, 2.45) is 0 Å². The largest absolute Gasteiger partial charge is 0.506 e. The van der Waals surface area contributed by atoms with E-state index in [-0.39, 0.29) is 12.4 Å². The molecular formula is C10H15NO3. The smallest absolute Gasteiger partial charge is 0.142 e. The Labute approximate surface area is 83.2 Å². The van der Waals surface area contributed by atoms with E-state index in [1.807, 2.05) is 6.92 Å². The summed E-state index contributed by atoms with van der Waals surface area (Å²) in [5, 5.41) is 18.7. The number of rotatable bonds is 4. The van der Waals surface area contributed by atoms with E-state index in [0.29, 0.717) is 24.5 Å². The van der Waals surface area contributed by atoms with Gasteiger partial charge in [-0.15, -0.1) is 0 Å². The van der Waals surface area contributed by atoms with E-state index in [9.17, 15) is 5.11 Å². The van der Waals surface area contributed by atoms with Crippen LogP contribution >= 0.6 is 0 Å². The first-order chi connectivity index (χ1) is 6.70. The molecule has 0 saturated carbocycles. The van der Waals surface area contributed by atoms with Crippen molar-refractivity contribution in [3.8, 4) is 5.75 Å². The molecule has 78 valence electrons. The number of hydrogen-bond acceptors (Lipinski definition) is 4. The Kier molecular flexibility index (Phi) is 3.85. The number of aliphatic hydroxyl groups excluding tert-OH is 1. The number of hydrogen-bond donors (Lipinski definition) is 2. The Hall–Kier alpha value is -1.13. The normalized spacial score (nSPS) is 10.5. The molecule has 0 aliphatic carbocycles. The molecule has 0 fully saturated rings. The van der Waals surface area contributed by atoms with Crippen LogP contribution in [0, 0.1) is 6.92 Å². The lowest BCUT2D eigenvalue weighted by Crippen LogP contribution is -2.01. The van der Waals surface area contributed by atoms with Crippen LogP contribution in [0.3, 0.4) is 0 Å². The van der Waals surface area contributed by atoms with Gasteiger partial charge in [-0.3, -0.25) is 4.98 Å². The fourth-order valence-electron chi connectivity index (χ4n) is 1.20. The van der Waals surface area contributed by atoms with Crippen molar-refractivity contribution in [3.05, 3.63) is 23.0 Å². The van der Waals surface area contributed by atoms with E-state index in [1.54, 1.807) is 13.1 Å². The molecule has 14 heavy (non-hydrogen) atoms. The summed E-state index contributed by atoms with van der Waals surface area (Å²) >= 11 is 0. The fraction of sp³-hybridized carbons (Fsp3) is 0.500. The van der Waals surface area contributed by atoms with Crippen LogP contribution in [0.1, 0.15) is 23.7 Å². The van der Waals surface area contributed by atoms with Gasteiger partial charge in [0.2, 0.25) is 0 Å². The Morgan fingerprint density at radius 1 is 1.50 bits per heavy atom. The molecular weight excluding hydrogens is 182 g/mol. The molecule has 0 radical (unpaired) electrons. The number of ether oxygens (including phenoxy) is 1. The lowest BCUT2D eigenvalue weighted by atomic mass is 10.1. The zero-order valence-corrected chi connectivity index (χ0v) is 8.45. The second-order valence-electron chi connectivity index (χ2n) is 2.99. The SMILES string of the molecule is CCOCc1cnc(C)c(O)c1CO. The maximum absolute atomic E-state index is 9.60. The van der Waals surface area contributed by atoms with Crippen molar-refractivity contribution in [1.82, 2.24) is 4.98 Å². The van der Waals surface area contributed by atoms with Gasteiger partial charge >= 0.3 is 0 Å². The molecule has 4 heteroatoms. The van der Waals surface area contributed by atoms with E-state index in [2.05, 4.69) is 4.98 Å². The molecule has 1 heterocycles. The standard InChI is InChI=1S/C10H15NO3/c1-3-14-6-8-4-11-7(2)10(13)9(8)5-12/h4,12-13H,3,5-6H2,1-2H3. The van der Waals surface area contributed by atoms with Gasteiger partial charge in [0.25, 0.3) is 0 Å². The number of aromatic nitrogens is 1. The molecule has 0 spiro atoms. The maximum Gasteiger partial charge on any atom is 0.142 e. The van der Waals surface area contributed by atoms with Gasteiger partial charge in [0, 0.05) is 23.9 Å². The zero-order chi connectivity index (χ0) is 10.6. The number of nitrogens with zero attached hydrogens (tertiary/aromatic N) is 1. The molecule has 1 aromatic heterocycles. The molecule has 0 amide bonds. The van der Waals surface area contributed by atoms with Crippen LogP contribution < -0.4 is 0 Å². The van der Waals surface area contributed by atoms with Gasteiger partial charge in [-0.05, 0) is 13.8 Å². The van der Waals surface area contributed by atoms with E-state index in [4.69, 9.17) is 9.84 Å². The zero-order valence-electron chi connectivity index (χ0n) is 8.45. The predicted octanol–water partition coefficient (Wildman–Crippen LogP) is 1.12. The highest BCUT2D eigenvalue weighted by molar-refractivity contribution is 5.39. The molecule has 0 bridgehead atoms. The molecule has 0 unspecified atom stereocenters. The first kappa shape index (κ1) is 10.9. The van der Waals surface area contributed by atoms with Crippen LogP contribution in [-0.2, 0) is 18.0 Å². The molecule has 4 nitrogen and oxygen atoms in total.